The highest BCUT2D eigenvalue weighted by Gasteiger charge is 2.18. The molecule has 4 rings (SSSR count). The molecule has 0 aliphatic carbocycles. The predicted molar refractivity (Wildman–Crippen MR) is 73.0 cm³/mol. The summed E-state index contributed by atoms with van der Waals surface area (Å²) in [5, 5.41) is 9.45. The Bertz CT molecular complexity index is 718. The number of hydrogen-bond donors (Lipinski definition) is 1. The number of phenolic OH excluding ortho intramolecular Hbond substituents is 1. The first-order valence-corrected chi connectivity index (χ1v) is 6.37. The zero-order valence-electron chi connectivity index (χ0n) is 10.6. The van der Waals surface area contributed by atoms with Crippen LogP contribution in [0.3, 0.4) is 0 Å². The zero-order valence-corrected chi connectivity index (χ0v) is 10.6. The summed E-state index contributed by atoms with van der Waals surface area (Å²) in [5.41, 5.74) is 3.17. The molecule has 0 radical (unpaired) electrons. The minimum absolute atomic E-state index is 0.212. The van der Waals surface area contributed by atoms with Gasteiger partial charge in [0.05, 0.1) is 6.26 Å². The van der Waals surface area contributed by atoms with Crippen LogP contribution in [0.15, 0.2) is 42.7 Å². The minimum Gasteiger partial charge on any atom is -0.508 e. The Morgan fingerprint density at radius 1 is 0.900 bits per heavy atom. The zero-order chi connectivity index (χ0) is 13.5. The number of allylic oxidation sites excluding steroid dienone is 1. The predicted octanol–water partition coefficient (Wildman–Crippen LogP) is 3.10. The highest BCUT2D eigenvalue weighted by molar-refractivity contribution is 5.72. The van der Waals surface area contributed by atoms with Crippen LogP contribution in [-0.4, -0.2) is 11.9 Å². The SMILES string of the molecule is Oc1ccc2c(c1)OC=C(c1ccc3c(c1)OCO3)C2. The lowest BCUT2D eigenvalue weighted by Gasteiger charge is -2.17. The third-order valence-corrected chi connectivity index (χ3v) is 3.50. The molecule has 0 fully saturated rings. The number of ether oxygens (including phenoxy) is 3. The Kier molecular flexibility index (Phi) is 2.36. The summed E-state index contributed by atoms with van der Waals surface area (Å²) in [6.45, 7) is 0.274. The maximum absolute atomic E-state index is 9.45. The molecule has 4 nitrogen and oxygen atoms in total. The standard InChI is InChI=1S/C16H12O4/c17-13-3-1-11-5-12(8-18-15(11)7-13)10-2-4-14-16(6-10)20-9-19-14/h1-4,6-8,17H,5,9H2. The second-order valence-corrected chi connectivity index (χ2v) is 4.80. The van der Waals surface area contributed by atoms with Crippen LogP contribution >= 0.6 is 0 Å². The van der Waals surface area contributed by atoms with Crippen LogP contribution in [0.4, 0.5) is 0 Å². The fraction of sp³-hybridized carbons (Fsp3) is 0.125. The molecule has 2 aromatic carbocycles. The Morgan fingerprint density at radius 3 is 2.75 bits per heavy atom. The van der Waals surface area contributed by atoms with Gasteiger partial charge in [0.2, 0.25) is 6.79 Å². The van der Waals surface area contributed by atoms with E-state index in [9.17, 15) is 5.11 Å². The van der Waals surface area contributed by atoms with Crippen molar-refractivity contribution in [3.05, 3.63) is 53.8 Å². The molecule has 0 unspecified atom stereocenters. The first kappa shape index (κ1) is 11.2. The van der Waals surface area contributed by atoms with Crippen molar-refractivity contribution in [2.45, 2.75) is 6.42 Å². The summed E-state index contributed by atoms with van der Waals surface area (Å²) < 4.78 is 16.3. The monoisotopic (exact) mass is 268 g/mol. The van der Waals surface area contributed by atoms with E-state index < -0.39 is 0 Å². The number of fused-ring (bicyclic) bond motifs is 2. The largest absolute Gasteiger partial charge is 0.508 e. The Morgan fingerprint density at radius 2 is 1.80 bits per heavy atom. The van der Waals surface area contributed by atoms with Gasteiger partial charge in [-0.25, -0.2) is 0 Å². The normalized spacial score (nSPS) is 15.3. The molecule has 0 atom stereocenters. The van der Waals surface area contributed by atoms with Crippen molar-refractivity contribution in [3.63, 3.8) is 0 Å². The van der Waals surface area contributed by atoms with Crippen LogP contribution in [0, 0.1) is 0 Å². The highest BCUT2D eigenvalue weighted by Crippen LogP contribution is 2.38. The van der Waals surface area contributed by atoms with Crippen molar-refractivity contribution < 1.29 is 19.3 Å². The smallest absolute Gasteiger partial charge is 0.231 e. The summed E-state index contributed by atoms with van der Waals surface area (Å²) in [7, 11) is 0. The quantitative estimate of drug-likeness (QED) is 0.863. The van der Waals surface area contributed by atoms with E-state index in [1.165, 1.54) is 0 Å². The van der Waals surface area contributed by atoms with Gasteiger partial charge >= 0.3 is 0 Å². The highest BCUT2D eigenvalue weighted by atomic mass is 16.7. The summed E-state index contributed by atoms with van der Waals surface area (Å²) in [4.78, 5) is 0. The Balaban J connectivity index is 1.68. The maximum Gasteiger partial charge on any atom is 0.231 e. The van der Waals surface area contributed by atoms with E-state index in [-0.39, 0.29) is 12.5 Å². The number of benzene rings is 2. The molecule has 2 aliphatic rings. The topological polar surface area (TPSA) is 47.9 Å². The van der Waals surface area contributed by atoms with Crippen LogP contribution < -0.4 is 14.2 Å². The molecule has 2 aromatic rings. The molecule has 0 amide bonds. The van der Waals surface area contributed by atoms with Crippen LogP contribution in [0.5, 0.6) is 23.0 Å². The molecule has 0 aromatic heterocycles. The molecule has 100 valence electrons. The van der Waals surface area contributed by atoms with Gasteiger partial charge in [-0.2, -0.15) is 0 Å². The molecule has 20 heavy (non-hydrogen) atoms. The maximum atomic E-state index is 9.45. The fourth-order valence-corrected chi connectivity index (χ4v) is 2.45. The van der Waals surface area contributed by atoms with Crippen molar-refractivity contribution in [1.29, 1.82) is 0 Å². The van der Waals surface area contributed by atoms with Crippen LogP contribution in [0.25, 0.3) is 5.57 Å². The second kappa shape index (κ2) is 4.20. The van der Waals surface area contributed by atoms with E-state index in [2.05, 4.69) is 0 Å². The summed E-state index contributed by atoms with van der Waals surface area (Å²) in [6.07, 6.45) is 2.48. The average molecular weight is 268 g/mol. The Labute approximate surface area is 115 Å². The van der Waals surface area contributed by atoms with Crippen LogP contribution in [0.1, 0.15) is 11.1 Å². The van der Waals surface area contributed by atoms with E-state index in [1.807, 2.05) is 24.3 Å². The van der Waals surface area contributed by atoms with Gasteiger partial charge in [-0.05, 0) is 34.9 Å². The number of phenols is 1. The van der Waals surface area contributed by atoms with Gasteiger partial charge in [0.25, 0.3) is 0 Å². The number of rotatable bonds is 1. The van der Waals surface area contributed by atoms with Crippen molar-refractivity contribution in [2.75, 3.05) is 6.79 Å². The molecule has 0 saturated carbocycles. The summed E-state index contributed by atoms with van der Waals surface area (Å²) in [5.74, 6) is 2.45. The lowest BCUT2D eigenvalue weighted by atomic mass is 9.97. The van der Waals surface area contributed by atoms with Crippen molar-refractivity contribution in [3.8, 4) is 23.0 Å². The van der Waals surface area contributed by atoms with E-state index in [0.717, 1.165) is 34.6 Å². The van der Waals surface area contributed by atoms with Crippen LogP contribution in [-0.2, 0) is 6.42 Å². The van der Waals surface area contributed by atoms with Gasteiger partial charge in [-0.1, -0.05) is 12.1 Å². The lowest BCUT2D eigenvalue weighted by molar-refractivity contribution is 0.174. The van der Waals surface area contributed by atoms with E-state index in [1.54, 1.807) is 18.4 Å². The number of aromatic hydroxyl groups is 1. The third kappa shape index (κ3) is 1.77. The first-order valence-electron chi connectivity index (χ1n) is 6.37. The van der Waals surface area contributed by atoms with E-state index >= 15 is 0 Å². The van der Waals surface area contributed by atoms with Crippen molar-refractivity contribution in [2.24, 2.45) is 0 Å². The lowest BCUT2D eigenvalue weighted by Crippen LogP contribution is -2.02. The molecular formula is C16H12O4. The molecular weight excluding hydrogens is 256 g/mol. The van der Waals surface area contributed by atoms with Gasteiger partial charge in [0, 0.05) is 12.5 Å². The molecule has 2 heterocycles. The van der Waals surface area contributed by atoms with Crippen molar-refractivity contribution in [1.82, 2.24) is 0 Å². The third-order valence-electron chi connectivity index (χ3n) is 3.50. The van der Waals surface area contributed by atoms with Crippen LogP contribution in [0.2, 0.25) is 0 Å². The van der Waals surface area contributed by atoms with Gasteiger partial charge in [0.15, 0.2) is 11.5 Å². The van der Waals surface area contributed by atoms with Gasteiger partial charge in [0.1, 0.15) is 11.5 Å². The molecule has 0 bridgehead atoms. The van der Waals surface area contributed by atoms with Gasteiger partial charge in [-0.3, -0.25) is 0 Å². The Hall–Kier alpha value is -2.62. The average Bonchev–Trinajstić information content (AvgIpc) is 2.94. The molecule has 4 heteroatoms. The molecule has 0 saturated heterocycles. The van der Waals surface area contributed by atoms with E-state index in [4.69, 9.17) is 14.2 Å². The summed E-state index contributed by atoms with van der Waals surface area (Å²) >= 11 is 0. The number of hydrogen-bond acceptors (Lipinski definition) is 4. The van der Waals surface area contributed by atoms with Crippen molar-refractivity contribution >= 4 is 5.57 Å². The fourth-order valence-electron chi connectivity index (χ4n) is 2.45. The second-order valence-electron chi connectivity index (χ2n) is 4.80. The molecule has 0 spiro atoms. The minimum atomic E-state index is 0.212. The van der Waals surface area contributed by atoms with Gasteiger partial charge in [-0.15, -0.1) is 0 Å². The first-order chi connectivity index (χ1) is 9.79. The van der Waals surface area contributed by atoms with E-state index in [0.29, 0.717) is 5.75 Å². The molecule has 2 aliphatic heterocycles. The molecule has 1 N–H and O–H groups in total. The summed E-state index contributed by atoms with van der Waals surface area (Å²) in [6, 6.07) is 11.0. The van der Waals surface area contributed by atoms with Gasteiger partial charge < -0.3 is 19.3 Å².